The first-order valence-electron chi connectivity index (χ1n) is 8.64. The molecular weight excluding hydrogens is 338 g/mol. The van der Waals surface area contributed by atoms with Gasteiger partial charge in [-0.25, -0.2) is 9.97 Å². The van der Waals surface area contributed by atoms with Gasteiger partial charge in [-0.05, 0) is 43.4 Å². The quantitative estimate of drug-likeness (QED) is 0.855. The number of hydrogen-bond donors (Lipinski definition) is 1. The van der Waals surface area contributed by atoms with Crippen LogP contribution in [-0.4, -0.2) is 22.5 Å². The van der Waals surface area contributed by atoms with Crippen LogP contribution in [-0.2, 0) is 22.5 Å². The van der Waals surface area contributed by atoms with Crippen LogP contribution >= 0.6 is 11.6 Å². The van der Waals surface area contributed by atoms with Gasteiger partial charge in [0.25, 0.3) is 0 Å². The summed E-state index contributed by atoms with van der Waals surface area (Å²) in [6, 6.07) is 7.55. The van der Waals surface area contributed by atoms with Crippen LogP contribution in [0.2, 0.25) is 5.02 Å². The summed E-state index contributed by atoms with van der Waals surface area (Å²) in [6.07, 6.45) is 7.90. The highest BCUT2D eigenvalue weighted by atomic mass is 35.5. The van der Waals surface area contributed by atoms with Gasteiger partial charge in [-0.1, -0.05) is 23.7 Å². The Morgan fingerprint density at radius 1 is 1.16 bits per heavy atom. The Hall–Kier alpha value is -1.98. The van der Waals surface area contributed by atoms with Gasteiger partial charge in [-0.15, -0.1) is 0 Å². The second-order valence-corrected chi connectivity index (χ2v) is 6.64. The minimum absolute atomic E-state index is 0.00893. The lowest BCUT2D eigenvalue weighted by atomic mass is 10.1. The monoisotopic (exact) mass is 359 g/mol. The van der Waals surface area contributed by atoms with Crippen LogP contribution in [0.1, 0.15) is 48.7 Å². The van der Waals surface area contributed by atoms with Gasteiger partial charge < -0.3 is 10.1 Å². The van der Waals surface area contributed by atoms with Crippen molar-refractivity contribution in [3.63, 3.8) is 0 Å². The van der Waals surface area contributed by atoms with E-state index in [0.29, 0.717) is 24.4 Å². The molecule has 2 aromatic rings. The van der Waals surface area contributed by atoms with Crippen LogP contribution < -0.4 is 5.32 Å². The molecule has 1 aromatic carbocycles. The van der Waals surface area contributed by atoms with Crippen molar-refractivity contribution in [2.24, 2.45) is 0 Å². The van der Waals surface area contributed by atoms with E-state index in [0.717, 1.165) is 42.8 Å². The molecule has 3 rings (SSSR count). The molecule has 1 N–H and O–H groups in total. The second kappa shape index (κ2) is 8.92. The summed E-state index contributed by atoms with van der Waals surface area (Å²) in [5.74, 6) is 0.743. The fourth-order valence-electron chi connectivity index (χ4n) is 2.76. The number of nitrogens with zero attached hydrogens (tertiary/aromatic N) is 2. The van der Waals surface area contributed by atoms with E-state index in [2.05, 4.69) is 15.3 Å². The van der Waals surface area contributed by atoms with Gasteiger partial charge in [-0.3, -0.25) is 4.79 Å². The predicted molar refractivity (Wildman–Crippen MR) is 96.2 cm³/mol. The molecule has 0 spiro atoms. The Kier molecular flexibility index (Phi) is 6.36. The summed E-state index contributed by atoms with van der Waals surface area (Å²) in [5.41, 5.74) is 1.99. The number of halogens is 1. The zero-order chi connectivity index (χ0) is 17.5. The zero-order valence-electron chi connectivity index (χ0n) is 14.1. The van der Waals surface area contributed by atoms with Crippen molar-refractivity contribution in [2.45, 2.75) is 44.8 Å². The van der Waals surface area contributed by atoms with Crippen LogP contribution in [0.5, 0.6) is 0 Å². The summed E-state index contributed by atoms with van der Waals surface area (Å²) in [4.78, 5) is 20.7. The van der Waals surface area contributed by atoms with E-state index in [4.69, 9.17) is 16.3 Å². The highest BCUT2D eigenvalue weighted by molar-refractivity contribution is 6.30. The van der Waals surface area contributed by atoms with Crippen molar-refractivity contribution in [3.8, 4) is 0 Å². The van der Waals surface area contributed by atoms with Crippen molar-refractivity contribution in [2.75, 3.05) is 6.61 Å². The fraction of sp³-hybridized carbons (Fsp3) is 0.421. The van der Waals surface area contributed by atoms with Crippen molar-refractivity contribution in [3.05, 3.63) is 58.6 Å². The first-order chi connectivity index (χ1) is 12.2. The number of carbonyl (C=O) groups is 1. The van der Waals surface area contributed by atoms with Gasteiger partial charge in [0.1, 0.15) is 6.10 Å². The fourth-order valence-corrected chi connectivity index (χ4v) is 2.89. The number of benzene rings is 1. The Balaban J connectivity index is 1.43. The molecule has 1 fully saturated rings. The SMILES string of the molecule is O=C(CCc1ccc(Cl)cc1)NCc1cnc([C@H]2CCCCO2)nc1. The smallest absolute Gasteiger partial charge is 0.220 e. The van der Waals surface area contributed by atoms with Gasteiger partial charge in [-0.2, -0.15) is 0 Å². The van der Waals surface area contributed by atoms with Crippen LogP contribution in [0, 0.1) is 0 Å². The van der Waals surface area contributed by atoms with Crippen LogP contribution in [0.25, 0.3) is 0 Å². The molecule has 132 valence electrons. The maximum absolute atomic E-state index is 12.0. The second-order valence-electron chi connectivity index (χ2n) is 6.21. The molecule has 0 bridgehead atoms. The Bertz CT molecular complexity index is 683. The molecule has 1 aromatic heterocycles. The summed E-state index contributed by atoms with van der Waals surface area (Å²) in [6.45, 7) is 1.21. The molecule has 1 amide bonds. The van der Waals surface area contributed by atoms with Crippen molar-refractivity contribution >= 4 is 17.5 Å². The standard InChI is InChI=1S/C19H22ClN3O2/c20-16-7-4-14(5-8-16)6-9-18(24)21-11-15-12-22-19(23-13-15)17-3-1-2-10-25-17/h4-5,7-8,12-13,17H,1-3,6,9-11H2,(H,21,24)/t17-/m1/s1. The molecule has 5 nitrogen and oxygen atoms in total. The van der Waals surface area contributed by atoms with Crippen LogP contribution in [0.15, 0.2) is 36.7 Å². The number of hydrogen-bond acceptors (Lipinski definition) is 4. The van der Waals surface area contributed by atoms with Gasteiger partial charge in [0.2, 0.25) is 5.91 Å². The minimum atomic E-state index is 0.00893. The highest BCUT2D eigenvalue weighted by Gasteiger charge is 2.18. The van der Waals surface area contributed by atoms with Crippen molar-refractivity contribution in [1.82, 2.24) is 15.3 Å². The van der Waals surface area contributed by atoms with Gasteiger partial charge in [0.15, 0.2) is 5.82 Å². The average Bonchev–Trinajstić information content (AvgIpc) is 2.67. The number of aryl methyl sites for hydroxylation is 1. The van der Waals surface area contributed by atoms with Crippen molar-refractivity contribution in [1.29, 1.82) is 0 Å². The summed E-state index contributed by atoms with van der Waals surface area (Å²) < 4.78 is 5.68. The molecule has 0 saturated carbocycles. The maximum Gasteiger partial charge on any atom is 0.220 e. The normalized spacial score (nSPS) is 17.2. The first-order valence-corrected chi connectivity index (χ1v) is 9.02. The summed E-state index contributed by atoms with van der Waals surface area (Å²) in [7, 11) is 0. The number of nitrogens with one attached hydrogen (secondary N) is 1. The number of aromatic nitrogens is 2. The zero-order valence-corrected chi connectivity index (χ0v) is 14.8. The topological polar surface area (TPSA) is 64.1 Å². The third kappa shape index (κ3) is 5.51. The van der Waals surface area contributed by atoms with E-state index in [1.54, 1.807) is 12.4 Å². The molecule has 2 heterocycles. The van der Waals surface area contributed by atoms with E-state index < -0.39 is 0 Å². The van der Waals surface area contributed by atoms with Gasteiger partial charge >= 0.3 is 0 Å². The maximum atomic E-state index is 12.0. The molecule has 0 unspecified atom stereocenters. The summed E-state index contributed by atoms with van der Waals surface area (Å²) >= 11 is 5.85. The predicted octanol–water partition coefficient (Wildman–Crippen LogP) is 3.62. The molecule has 25 heavy (non-hydrogen) atoms. The van der Waals surface area contributed by atoms with Crippen LogP contribution in [0.4, 0.5) is 0 Å². The van der Waals surface area contributed by atoms with E-state index in [-0.39, 0.29) is 12.0 Å². The lowest BCUT2D eigenvalue weighted by Gasteiger charge is -2.21. The van der Waals surface area contributed by atoms with Gasteiger partial charge in [0, 0.05) is 42.6 Å². The van der Waals surface area contributed by atoms with E-state index in [1.165, 1.54) is 0 Å². The van der Waals surface area contributed by atoms with Crippen LogP contribution in [0.3, 0.4) is 0 Å². The number of amides is 1. The molecule has 0 aliphatic carbocycles. The van der Waals surface area contributed by atoms with Crippen molar-refractivity contribution < 1.29 is 9.53 Å². The third-order valence-electron chi connectivity index (χ3n) is 4.24. The largest absolute Gasteiger partial charge is 0.370 e. The Morgan fingerprint density at radius 2 is 1.92 bits per heavy atom. The Labute approximate surface area is 152 Å². The lowest BCUT2D eigenvalue weighted by molar-refractivity contribution is -0.121. The molecule has 1 aliphatic heterocycles. The van der Waals surface area contributed by atoms with E-state index >= 15 is 0 Å². The number of carbonyl (C=O) groups excluding carboxylic acids is 1. The minimum Gasteiger partial charge on any atom is -0.370 e. The van der Waals surface area contributed by atoms with E-state index in [1.807, 2.05) is 24.3 Å². The summed E-state index contributed by atoms with van der Waals surface area (Å²) in [5, 5.41) is 3.61. The number of ether oxygens (including phenoxy) is 1. The molecular formula is C19H22ClN3O2. The van der Waals surface area contributed by atoms with Gasteiger partial charge in [0.05, 0.1) is 0 Å². The third-order valence-corrected chi connectivity index (χ3v) is 4.49. The molecule has 6 heteroatoms. The molecule has 1 aliphatic rings. The molecule has 1 saturated heterocycles. The average molecular weight is 360 g/mol. The number of rotatable bonds is 6. The lowest BCUT2D eigenvalue weighted by Crippen LogP contribution is -2.23. The molecule has 0 radical (unpaired) electrons. The first kappa shape index (κ1) is 17.8. The molecule has 1 atom stereocenters. The Morgan fingerprint density at radius 3 is 2.60 bits per heavy atom. The highest BCUT2D eigenvalue weighted by Crippen LogP contribution is 2.24. The van der Waals surface area contributed by atoms with E-state index in [9.17, 15) is 4.79 Å².